The number of nitro benzene ring substituents is 1. The smallest absolute Gasteiger partial charge is 0.345 e. The van der Waals surface area contributed by atoms with Crippen molar-refractivity contribution in [2.24, 2.45) is 0 Å². The molecule has 0 bridgehead atoms. The van der Waals surface area contributed by atoms with Crippen molar-refractivity contribution in [1.82, 2.24) is 0 Å². The Hall–Kier alpha value is -1.91. The minimum Gasteiger partial charge on any atom is -0.462 e. The molecule has 0 unspecified atom stereocenters. The Balaban J connectivity index is 2.95. The monoisotopic (exact) mass is 237 g/mol. The zero-order chi connectivity index (χ0) is 12.8. The lowest BCUT2D eigenvalue weighted by Crippen LogP contribution is -2.10. The number of carbonyl (C=O) groups is 1. The second-order valence-corrected chi connectivity index (χ2v) is 3.72. The summed E-state index contributed by atoms with van der Waals surface area (Å²) in [5.41, 5.74) is 0.404. The highest BCUT2D eigenvalue weighted by atomic mass is 16.6. The first-order chi connectivity index (χ1) is 8.07. The average molecular weight is 237 g/mol. The second-order valence-electron chi connectivity index (χ2n) is 3.72. The molecule has 17 heavy (non-hydrogen) atoms. The molecular weight excluding hydrogens is 222 g/mol. The number of hydrogen-bond acceptors (Lipinski definition) is 4. The molecule has 92 valence electrons. The van der Waals surface area contributed by atoms with E-state index in [-0.39, 0.29) is 11.3 Å². The molecule has 1 aromatic carbocycles. The number of esters is 1. The number of rotatable bonds is 5. The van der Waals surface area contributed by atoms with E-state index >= 15 is 0 Å². The van der Waals surface area contributed by atoms with Gasteiger partial charge in [0.15, 0.2) is 0 Å². The predicted molar refractivity (Wildman–Crippen MR) is 63.0 cm³/mol. The Morgan fingerprint density at radius 1 is 1.47 bits per heavy atom. The first-order valence-electron chi connectivity index (χ1n) is 5.49. The molecule has 0 saturated carbocycles. The molecule has 0 N–H and O–H groups in total. The van der Waals surface area contributed by atoms with E-state index in [2.05, 4.69) is 0 Å². The number of ether oxygens (including phenoxy) is 1. The first kappa shape index (κ1) is 13.2. The third kappa shape index (κ3) is 3.27. The fourth-order valence-electron chi connectivity index (χ4n) is 1.45. The van der Waals surface area contributed by atoms with Gasteiger partial charge in [-0.3, -0.25) is 10.1 Å². The molecule has 1 aromatic rings. The molecule has 0 aliphatic heterocycles. The van der Waals surface area contributed by atoms with Crippen molar-refractivity contribution < 1.29 is 14.5 Å². The molecule has 0 aromatic heterocycles. The van der Waals surface area contributed by atoms with Gasteiger partial charge in [-0.2, -0.15) is 0 Å². The summed E-state index contributed by atoms with van der Waals surface area (Å²) in [6, 6.07) is 4.52. The fraction of sp³-hybridized carbons (Fsp3) is 0.417. The molecule has 0 amide bonds. The van der Waals surface area contributed by atoms with Crippen LogP contribution in [0.4, 0.5) is 5.69 Å². The minimum atomic E-state index is -0.622. The maximum absolute atomic E-state index is 11.7. The van der Waals surface area contributed by atoms with Crippen molar-refractivity contribution in [2.75, 3.05) is 6.61 Å². The molecule has 1 rings (SSSR count). The molecule has 0 saturated heterocycles. The van der Waals surface area contributed by atoms with Crippen molar-refractivity contribution in [3.05, 3.63) is 39.4 Å². The molecule has 0 atom stereocenters. The number of hydrogen-bond donors (Lipinski definition) is 0. The van der Waals surface area contributed by atoms with E-state index in [0.29, 0.717) is 12.2 Å². The fourth-order valence-corrected chi connectivity index (χ4v) is 1.45. The van der Waals surface area contributed by atoms with Crippen LogP contribution in [-0.2, 0) is 4.74 Å². The quantitative estimate of drug-likeness (QED) is 0.341. The van der Waals surface area contributed by atoms with Crippen molar-refractivity contribution in [3.63, 3.8) is 0 Å². The van der Waals surface area contributed by atoms with Crippen LogP contribution in [0.3, 0.4) is 0 Å². The van der Waals surface area contributed by atoms with E-state index in [4.69, 9.17) is 4.74 Å². The largest absolute Gasteiger partial charge is 0.462 e. The summed E-state index contributed by atoms with van der Waals surface area (Å²) < 4.78 is 5.00. The van der Waals surface area contributed by atoms with Crippen LogP contribution >= 0.6 is 0 Å². The summed E-state index contributed by atoms with van der Waals surface area (Å²) >= 11 is 0. The molecule has 0 aliphatic rings. The third-order valence-electron chi connectivity index (χ3n) is 2.38. The van der Waals surface area contributed by atoms with Gasteiger partial charge in [-0.15, -0.1) is 0 Å². The normalized spacial score (nSPS) is 10.0. The summed E-state index contributed by atoms with van der Waals surface area (Å²) in [5, 5.41) is 10.8. The molecule has 0 radical (unpaired) electrons. The van der Waals surface area contributed by atoms with Gasteiger partial charge in [0.1, 0.15) is 5.56 Å². The van der Waals surface area contributed by atoms with Gasteiger partial charge in [-0.25, -0.2) is 4.79 Å². The maximum atomic E-state index is 11.7. The van der Waals surface area contributed by atoms with E-state index in [1.165, 1.54) is 6.07 Å². The topological polar surface area (TPSA) is 69.4 Å². The second kappa shape index (κ2) is 5.98. The van der Waals surface area contributed by atoms with Gasteiger partial charge >= 0.3 is 5.97 Å². The SMILES string of the molecule is CCCCOC(=O)c1c(C)cccc1[N+](=O)[O-]. The summed E-state index contributed by atoms with van der Waals surface area (Å²) in [4.78, 5) is 22.0. The minimum absolute atomic E-state index is 0.0496. The number of carbonyl (C=O) groups excluding carboxylic acids is 1. The van der Waals surface area contributed by atoms with Gasteiger partial charge in [0.25, 0.3) is 5.69 Å². The third-order valence-corrected chi connectivity index (χ3v) is 2.38. The van der Waals surface area contributed by atoms with Crippen LogP contribution in [0.5, 0.6) is 0 Å². The summed E-state index contributed by atoms with van der Waals surface area (Å²) in [6.45, 7) is 3.92. The number of benzene rings is 1. The average Bonchev–Trinajstić information content (AvgIpc) is 2.28. The van der Waals surface area contributed by atoms with Crippen LogP contribution in [0.15, 0.2) is 18.2 Å². The maximum Gasteiger partial charge on any atom is 0.345 e. The summed E-state index contributed by atoms with van der Waals surface area (Å²) in [5.74, 6) is -0.622. The van der Waals surface area contributed by atoms with Crippen molar-refractivity contribution >= 4 is 11.7 Å². The summed E-state index contributed by atoms with van der Waals surface area (Å²) in [7, 11) is 0. The van der Waals surface area contributed by atoms with Crippen molar-refractivity contribution in [3.8, 4) is 0 Å². The lowest BCUT2D eigenvalue weighted by Gasteiger charge is -2.06. The molecule has 5 heteroatoms. The van der Waals surface area contributed by atoms with E-state index < -0.39 is 10.9 Å². The predicted octanol–water partition coefficient (Wildman–Crippen LogP) is 2.86. The molecule has 0 aliphatic carbocycles. The van der Waals surface area contributed by atoms with E-state index in [1.54, 1.807) is 19.1 Å². The highest BCUT2D eigenvalue weighted by Crippen LogP contribution is 2.22. The van der Waals surface area contributed by atoms with Gasteiger partial charge < -0.3 is 4.74 Å². The number of nitrogens with zero attached hydrogens (tertiary/aromatic N) is 1. The molecule has 0 fully saturated rings. The van der Waals surface area contributed by atoms with Crippen LogP contribution in [0.1, 0.15) is 35.7 Å². The van der Waals surface area contributed by atoms with Crippen LogP contribution in [0.25, 0.3) is 0 Å². The van der Waals surface area contributed by atoms with Crippen LogP contribution in [0, 0.1) is 17.0 Å². The van der Waals surface area contributed by atoms with E-state index in [9.17, 15) is 14.9 Å². The van der Waals surface area contributed by atoms with Gasteiger partial charge in [0, 0.05) is 6.07 Å². The molecule has 5 nitrogen and oxygen atoms in total. The lowest BCUT2D eigenvalue weighted by atomic mass is 10.1. The molecular formula is C12H15NO4. The number of nitro groups is 1. The van der Waals surface area contributed by atoms with Gasteiger partial charge in [-0.1, -0.05) is 25.5 Å². The van der Waals surface area contributed by atoms with Gasteiger partial charge in [0.2, 0.25) is 0 Å². The van der Waals surface area contributed by atoms with Gasteiger partial charge in [-0.05, 0) is 18.9 Å². The van der Waals surface area contributed by atoms with Crippen molar-refractivity contribution in [1.29, 1.82) is 0 Å². The highest BCUT2D eigenvalue weighted by molar-refractivity contribution is 5.95. The number of unbranched alkanes of at least 4 members (excludes halogenated alkanes) is 1. The highest BCUT2D eigenvalue weighted by Gasteiger charge is 2.23. The lowest BCUT2D eigenvalue weighted by molar-refractivity contribution is -0.385. The Morgan fingerprint density at radius 3 is 2.76 bits per heavy atom. The van der Waals surface area contributed by atoms with E-state index in [1.807, 2.05) is 6.92 Å². The molecule has 0 heterocycles. The Kier molecular flexibility index (Phi) is 4.63. The van der Waals surface area contributed by atoms with Crippen LogP contribution < -0.4 is 0 Å². The Bertz CT molecular complexity index is 429. The van der Waals surface area contributed by atoms with E-state index in [0.717, 1.165) is 12.8 Å². The first-order valence-corrected chi connectivity index (χ1v) is 5.49. The zero-order valence-electron chi connectivity index (χ0n) is 9.93. The standard InChI is InChI=1S/C12H15NO4/c1-3-4-8-17-12(14)11-9(2)6-5-7-10(11)13(15)16/h5-7H,3-4,8H2,1-2H3. The zero-order valence-corrected chi connectivity index (χ0v) is 9.93. The number of aryl methyl sites for hydroxylation is 1. The Morgan fingerprint density at radius 2 is 2.18 bits per heavy atom. The summed E-state index contributed by atoms with van der Waals surface area (Å²) in [6.07, 6.45) is 1.66. The van der Waals surface area contributed by atoms with Gasteiger partial charge in [0.05, 0.1) is 11.5 Å². The Labute approximate surface area is 99.5 Å². The van der Waals surface area contributed by atoms with Crippen LogP contribution in [0.2, 0.25) is 0 Å². The van der Waals surface area contributed by atoms with Crippen molar-refractivity contribution in [2.45, 2.75) is 26.7 Å². The van der Waals surface area contributed by atoms with Crippen LogP contribution in [-0.4, -0.2) is 17.5 Å². The molecule has 0 spiro atoms.